The maximum Gasteiger partial charge on any atom is 0.306 e. The highest BCUT2D eigenvalue weighted by Gasteiger charge is 2.14. The van der Waals surface area contributed by atoms with Gasteiger partial charge in [-0.1, -0.05) is 77.6 Å². The predicted octanol–water partition coefficient (Wildman–Crippen LogP) is 6.19. The van der Waals surface area contributed by atoms with Crippen molar-refractivity contribution in [2.24, 2.45) is 5.92 Å². The van der Waals surface area contributed by atoms with Crippen molar-refractivity contribution >= 4 is 5.97 Å². The van der Waals surface area contributed by atoms with Crippen molar-refractivity contribution in [2.45, 2.75) is 72.1 Å². The van der Waals surface area contributed by atoms with Crippen LogP contribution in [0.2, 0.25) is 0 Å². The molecule has 0 bridgehead atoms. The number of aromatic nitrogens is 2. The van der Waals surface area contributed by atoms with Crippen LogP contribution in [0.25, 0.3) is 11.4 Å². The molecule has 5 heteroatoms. The zero-order valence-electron chi connectivity index (χ0n) is 18.9. The van der Waals surface area contributed by atoms with Crippen molar-refractivity contribution in [3.63, 3.8) is 0 Å². The van der Waals surface area contributed by atoms with Gasteiger partial charge in [0.1, 0.15) is 0 Å². The monoisotopic (exact) mass is 412 g/mol. The van der Waals surface area contributed by atoms with E-state index in [0.29, 0.717) is 37.1 Å². The Morgan fingerprint density at radius 1 is 1.00 bits per heavy atom. The molecule has 1 aromatic carbocycles. The molecule has 0 aliphatic heterocycles. The number of rotatable bonds is 13. The maximum absolute atomic E-state index is 12.0. The van der Waals surface area contributed by atoms with Crippen LogP contribution in [0.3, 0.4) is 0 Å². The van der Waals surface area contributed by atoms with Crippen LogP contribution in [0.5, 0.6) is 5.75 Å². The SMILES string of the molecule is CCCCCCOc1cnc(-c2ccc(C(C)CC(=O)OCC(C)CC)cc2)nc1. The summed E-state index contributed by atoms with van der Waals surface area (Å²) < 4.78 is 11.1. The number of esters is 1. The van der Waals surface area contributed by atoms with Crippen molar-refractivity contribution in [2.75, 3.05) is 13.2 Å². The molecule has 30 heavy (non-hydrogen) atoms. The molecule has 0 aliphatic carbocycles. The molecule has 0 saturated carbocycles. The maximum atomic E-state index is 12.0. The summed E-state index contributed by atoms with van der Waals surface area (Å²) in [4.78, 5) is 20.9. The van der Waals surface area contributed by atoms with Crippen molar-refractivity contribution in [1.82, 2.24) is 9.97 Å². The lowest BCUT2D eigenvalue weighted by Crippen LogP contribution is -2.13. The minimum absolute atomic E-state index is 0.105. The second kappa shape index (κ2) is 13.0. The van der Waals surface area contributed by atoms with E-state index in [4.69, 9.17) is 9.47 Å². The lowest BCUT2D eigenvalue weighted by molar-refractivity contribution is -0.145. The van der Waals surface area contributed by atoms with Crippen LogP contribution < -0.4 is 4.74 Å². The summed E-state index contributed by atoms with van der Waals surface area (Å²) >= 11 is 0. The lowest BCUT2D eigenvalue weighted by Gasteiger charge is -2.14. The fourth-order valence-electron chi connectivity index (χ4n) is 3.00. The molecular weight excluding hydrogens is 376 g/mol. The molecule has 1 heterocycles. The lowest BCUT2D eigenvalue weighted by atomic mass is 9.96. The fraction of sp³-hybridized carbons (Fsp3) is 0.560. The predicted molar refractivity (Wildman–Crippen MR) is 121 cm³/mol. The summed E-state index contributed by atoms with van der Waals surface area (Å²) in [5.41, 5.74) is 2.05. The van der Waals surface area contributed by atoms with Crippen LogP contribution in [0.4, 0.5) is 0 Å². The zero-order valence-corrected chi connectivity index (χ0v) is 18.9. The van der Waals surface area contributed by atoms with Crippen LogP contribution in [0, 0.1) is 5.92 Å². The highest BCUT2D eigenvalue weighted by molar-refractivity contribution is 5.70. The van der Waals surface area contributed by atoms with Gasteiger partial charge in [0.15, 0.2) is 11.6 Å². The zero-order chi connectivity index (χ0) is 21.8. The summed E-state index contributed by atoms with van der Waals surface area (Å²) in [7, 11) is 0. The minimum atomic E-state index is -0.138. The molecule has 0 N–H and O–H groups in total. The van der Waals surface area contributed by atoms with E-state index in [1.807, 2.05) is 31.2 Å². The fourth-order valence-corrected chi connectivity index (χ4v) is 3.00. The summed E-state index contributed by atoms with van der Waals surface area (Å²) in [6.07, 6.45) is 9.56. The van der Waals surface area contributed by atoms with Crippen molar-refractivity contribution < 1.29 is 14.3 Å². The third-order valence-corrected chi connectivity index (χ3v) is 5.33. The molecule has 2 unspecified atom stereocenters. The molecule has 0 aliphatic rings. The standard InChI is InChI=1S/C25H36N2O3/c1-5-7-8-9-14-29-23-16-26-25(27-17-23)22-12-10-21(11-13-22)20(4)15-24(28)30-18-19(3)6-2/h10-13,16-17,19-20H,5-9,14-15,18H2,1-4H3. The van der Waals surface area contributed by atoms with Crippen molar-refractivity contribution in [1.29, 1.82) is 0 Å². The van der Waals surface area contributed by atoms with Gasteiger partial charge < -0.3 is 9.47 Å². The van der Waals surface area contributed by atoms with E-state index in [2.05, 4.69) is 30.7 Å². The van der Waals surface area contributed by atoms with Crippen molar-refractivity contribution in [3.05, 3.63) is 42.2 Å². The van der Waals surface area contributed by atoms with E-state index in [0.717, 1.165) is 24.0 Å². The molecule has 2 atom stereocenters. The summed E-state index contributed by atoms with van der Waals surface area (Å²) in [6.45, 7) is 9.63. The molecular formula is C25H36N2O3. The Labute approximate surface area is 181 Å². The number of hydrogen-bond donors (Lipinski definition) is 0. The molecule has 0 saturated heterocycles. The molecule has 0 amide bonds. The third kappa shape index (κ3) is 8.13. The molecule has 2 aromatic rings. The van der Waals surface area contributed by atoms with Gasteiger partial charge in [0.25, 0.3) is 0 Å². The van der Waals surface area contributed by atoms with Crippen LogP contribution in [0.1, 0.15) is 77.7 Å². The quantitative estimate of drug-likeness (QED) is 0.290. The molecule has 1 aromatic heterocycles. The molecule has 2 rings (SSSR count). The van der Waals surface area contributed by atoms with Gasteiger partial charge in [0.05, 0.1) is 32.0 Å². The van der Waals surface area contributed by atoms with E-state index >= 15 is 0 Å². The number of unbranched alkanes of at least 4 members (excludes halogenated alkanes) is 3. The van der Waals surface area contributed by atoms with Gasteiger partial charge in [-0.05, 0) is 23.8 Å². The van der Waals surface area contributed by atoms with E-state index in [9.17, 15) is 4.79 Å². The van der Waals surface area contributed by atoms with Gasteiger partial charge in [-0.15, -0.1) is 0 Å². The van der Waals surface area contributed by atoms with E-state index in [1.54, 1.807) is 12.4 Å². The normalized spacial score (nSPS) is 12.9. The molecule has 5 nitrogen and oxygen atoms in total. The van der Waals surface area contributed by atoms with Gasteiger partial charge in [-0.25, -0.2) is 9.97 Å². The van der Waals surface area contributed by atoms with E-state index < -0.39 is 0 Å². The Morgan fingerprint density at radius 2 is 1.70 bits per heavy atom. The Kier molecular flexibility index (Phi) is 10.3. The Bertz CT molecular complexity index is 744. The summed E-state index contributed by atoms with van der Waals surface area (Å²) in [5.74, 6) is 1.74. The molecule has 0 fully saturated rings. The first-order valence-corrected chi connectivity index (χ1v) is 11.2. The van der Waals surface area contributed by atoms with Crippen LogP contribution in [-0.4, -0.2) is 29.2 Å². The Balaban J connectivity index is 1.85. The third-order valence-electron chi connectivity index (χ3n) is 5.33. The number of carbonyl (C=O) groups excluding carboxylic acids is 1. The first-order valence-electron chi connectivity index (χ1n) is 11.2. The smallest absolute Gasteiger partial charge is 0.306 e. The first kappa shape index (κ1) is 23.8. The average Bonchev–Trinajstić information content (AvgIpc) is 2.77. The van der Waals surface area contributed by atoms with Gasteiger partial charge in [-0.3, -0.25) is 4.79 Å². The van der Waals surface area contributed by atoms with E-state index in [-0.39, 0.29) is 11.9 Å². The minimum Gasteiger partial charge on any atom is -0.490 e. The van der Waals surface area contributed by atoms with Gasteiger partial charge in [0.2, 0.25) is 0 Å². The second-order valence-electron chi connectivity index (χ2n) is 8.08. The van der Waals surface area contributed by atoms with Gasteiger partial charge >= 0.3 is 5.97 Å². The van der Waals surface area contributed by atoms with Crippen LogP contribution >= 0.6 is 0 Å². The molecule has 0 spiro atoms. The van der Waals surface area contributed by atoms with Gasteiger partial charge in [-0.2, -0.15) is 0 Å². The Hall–Kier alpha value is -2.43. The number of ether oxygens (including phenoxy) is 2. The number of nitrogens with zero attached hydrogens (tertiary/aromatic N) is 2. The molecule has 164 valence electrons. The highest BCUT2D eigenvalue weighted by Crippen LogP contribution is 2.23. The van der Waals surface area contributed by atoms with E-state index in [1.165, 1.54) is 19.3 Å². The molecule has 0 radical (unpaired) electrons. The highest BCUT2D eigenvalue weighted by atomic mass is 16.5. The average molecular weight is 413 g/mol. The number of benzene rings is 1. The number of carbonyl (C=O) groups is 1. The Morgan fingerprint density at radius 3 is 2.33 bits per heavy atom. The summed E-state index contributed by atoms with van der Waals surface area (Å²) in [6, 6.07) is 8.06. The second-order valence-corrected chi connectivity index (χ2v) is 8.08. The van der Waals surface area contributed by atoms with Crippen molar-refractivity contribution in [3.8, 4) is 17.1 Å². The number of hydrogen-bond acceptors (Lipinski definition) is 5. The van der Waals surface area contributed by atoms with Crippen LogP contribution in [-0.2, 0) is 9.53 Å². The van der Waals surface area contributed by atoms with Crippen LogP contribution in [0.15, 0.2) is 36.7 Å². The first-order chi connectivity index (χ1) is 14.5. The topological polar surface area (TPSA) is 61.3 Å². The largest absolute Gasteiger partial charge is 0.490 e. The summed E-state index contributed by atoms with van der Waals surface area (Å²) in [5, 5.41) is 0. The van der Waals surface area contributed by atoms with Gasteiger partial charge in [0, 0.05) is 5.56 Å².